The van der Waals surface area contributed by atoms with Gasteiger partial charge in [-0.05, 0) is 63.3 Å². The molecule has 1 amide bonds. The molecule has 3 N–H and O–H groups in total. The van der Waals surface area contributed by atoms with Crippen LogP contribution in [0.3, 0.4) is 0 Å². The van der Waals surface area contributed by atoms with Gasteiger partial charge in [0, 0.05) is 28.1 Å². The van der Waals surface area contributed by atoms with Crippen molar-refractivity contribution in [1.82, 2.24) is 35.2 Å². The maximum absolute atomic E-state index is 15.0. The van der Waals surface area contributed by atoms with Crippen molar-refractivity contribution in [2.45, 2.75) is 38.1 Å². The van der Waals surface area contributed by atoms with Crippen molar-refractivity contribution in [2.24, 2.45) is 0 Å². The molecule has 0 radical (unpaired) electrons. The second-order valence-corrected chi connectivity index (χ2v) is 11.0. The molecule has 0 aliphatic carbocycles. The third-order valence-corrected chi connectivity index (χ3v) is 8.15. The van der Waals surface area contributed by atoms with E-state index in [9.17, 15) is 13.6 Å². The Hall–Kier alpha value is -3.97. The number of nitrogens with one attached hydrogen (secondary N) is 3. The van der Waals surface area contributed by atoms with Gasteiger partial charge < -0.3 is 20.1 Å². The molecule has 5 aromatic rings. The lowest BCUT2D eigenvalue weighted by Gasteiger charge is -2.30. The number of halogens is 3. The average Bonchev–Trinajstić information content (AvgIpc) is 3.70. The van der Waals surface area contributed by atoms with Gasteiger partial charge in [0.1, 0.15) is 5.01 Å². The van der Waals surface area contributed by atoms with E-state index in [4.69, 9.17) is 0 Å². The summed E-state index contributed by atoms with van der Waals surface area (Å²) in [6.45, 7) is 1.99. The van der Waals surface area contributed by atoms with Crippen LogP contribution in [0.5, 0.6) is 0 Å². The lowest BCUT2D eigenvalue weighted by molar-refractivity contribution is 0.0115. The number of hydrogen-bond acceptors (Lipinski definition) is 7. The first-order chi connectivity index (χ1) is 19.4. The molecule has 4 heterocycles. The summed E-state index contributed by atoms with van der Waals surface area (Å²) in [6, 6.07) is 12.4. The molecule has 208 valence electrons. The van der Waals surface area contributed by atoms with E-state index in [2.05, 4.69) is 43.0 Å². The van der Waals surface area contributed by atoms with Gasteiger partial charge in [-0.3, -0.25) is 9.89 Å². The van der Waals surface area contributed by atoms with Crippen molar-refractivity contribution in [3.63, 3.8) is 0 Å². The number of nitrogens with zero attached hydrogens (tertiary/aromatic N) is 5. The molecule has 1 unspecified atom stereocenters. The van der Waals surface area contributed by atoms with Crippen molar-refractivity contribution in [3.05, 3.63) is 59.2 Å². The molecular weight excluding hydrogens is 541 g/mol. The van der Waals surface area contributed by atoms with E-state index in [1.165, 1.54) is 0 Å². The Kier molecular flexibility index (Phi) is 7.15. The number of likely N-dealkylation sites (tertiary alicyclic amines) is 1. The Morgan fingerprint density at radius 2 is 1.98 bits per heavy atom. The van der Waals surface area contributed by atoms with Crippen LogP contribution in [-0.2, 0) is 6.54 Å². The zero-order valence-corrected chi connectivity index (χ0v) is 22.4. The standard InChI is InChI=1S/C27H27F3N8OS/c1-37-9-7-17(8-10-37)33-19-3-2-4-21-18(19)12-22(38(21)25(30)24(28)29)27-36-35-23(40-27)14-31-26(39)15-5-6-16-13-32-34-20(16)11-15/h2-6,11-13,17,24-25,33H,7-10,14H2,1H3,(H,31,39)(H,32,34). The van der Waals surface area contributed by atoms with Gasteiger partial charge in [0.15, 0.2) is 5.01 Å². The van der Waals surface area contributed by atoms with E-state index in [1.54, 1.807) is 42.6 Å². The number of anilines is 1. The summed E-state index contributed by atoms with van der Waals surface area (Å²) in [5.41, 5.74) is 2.51. The molecule has 13 heteroatoms. The Labute approximate surface area is 231 Å². The minimum absolute atomic E-state index is 0.0780. The highest BCUT2D eigenvalue weighted by atomic mass is 32.1. The third kappa shape index (κ3) is 5.13. The second-order valence-electron chi connectivity index (χ2n) is 9.92. The fraction of sp³-hybridized carbons (Fsp3) is 0.333. The monoisotopic (exact) mass is 568 g/mol. The van der Waals surface area contributed by atoms with Crippen LogP contribution in [0.4, 0.5) is 18.9 Å². The van der Waals surface area contributed by atoms with Crippen LogP contribution in [0.2, 0.25) is 0 Å². The molecule has 1 saturated heterocycles. The van der Waals surface area contributed by atoms with Crippen molar-refractivity contribution < 1.29 is 18.0 Å². The van der Waals surface area contributed by atoms with E-state index >= 15 is 4.39 Å². The van der Waals surface area contributed by atoms with Crippen molar-refractivity contribution >= 4 is 44.7 Å². The normalized spacial score (nSPS) is 15.7. The van der Waals surface area contributed by atoms with Crippen LogP contribution in [-0.4, -0.2) is 68.4 Å². The number of amides is 1. The Balaban J connectivity index is 1.26. The fourth-order valence-electron chi connectivity index (χ4n) is 5.06. The van der Waals surface area contributed by atoms with Gasteiger partial charge in [-0.1, -0.05) is 23.5 Å². The summed E-state index contributed by atoms with van der Waals surface area (Å²) < 4.78 is 43.4. The van der Waals surface area contributed by atoms with E-state index < -0.39 is 12.7 Å². The first-order valence-corrected chi connectivity index (χ1v) is 13.7. The summed E-state index contributed by atoms with van der Waals surface area (Å²) >= 11 is 1.12. The zero-order valence-electron chi connectivity index (χ0n) is 21.6. The number of H-pyrrole nitrogens is 1. The van der Waals surface area contributed by atoms with E-state index in [-0.39, 0.29) is 29.2 Å². The predicted octanol–water partition coefficient (Wildman–Crippen LogP) is 5.21. The van der Waals surface area contributed by atoms with Gasteiger partial charge in [-0.2, -0.15) is 5.10 Å². The minimum atomic E-state index is -3.22. The number of aromatic amines is 1. The van der Waals surface area contributed by atoms with Gasteiger partial charge in [0.2, 0.25) is 6.30 Å². The van der Waals surface area contributed by atoms with Crippen molar-refractivity contribution in [1.29, 1.82) is 0 Å². The Morgan fingerprint density at radius 3 is 2.77 bits per heavy atom. The summed E-state index contributed by atoms with van der Waals surface area (Å²) in [7, 11) is 2.08. The van der Waals surface area contributed by atoms with Crippen LogP contribution in [0.1, 0.15) is 34.5 Å². The number of alkyl halides is 3. The molecule has 0 spiro atoms. The lowest BCUT2D eigenvalue weighted by atomic mass is 10.0. The van der Waals surface area contributed by atoms with Crippen LogP contribution < -0.4 is 10.6 Å². The molecule has 0 bridgehead atoms. The van der Waals surface area contributed by atoms with E-state index in [0.29, 0.717) is 21.5 Å². The third-order valence-electron chi connectivity index (χ3n) is 7.21. The van der Waals surface area contributed by atoms with Gasteiger partial charge in [0.25, 0.3) is 12.3 Å². The van der Waals surface area contributed by atoms with Crippen molar-refractivity contribution in [3.8, 4) is 10.7 Å². The van der Waals surface area contributed by atoms with Crippen molar-refractivity contribution in [2.75, 3.05) is 25.5 Å². The van der Waals surface area contributed by atoms with Gasteiger partial charge in [-0.25, -0.2) is 13.2 Å². The molecule has 1 atom stereocenters. The molecule has 1 fully saturated rings. The van der Waals surface area contributed by atoms with E-state index in [1.807, 2.05) is 6.07 Å². The number of piperidine rings is 1. The zero-order chi connectivity index (χ0) is 27.8. The minimum Gasteiger partial charge on any atom is -0.382 e. The quantitative estimate of drug-likeness (QED) is 0.238. The molecule has 40 heavy (non-hydrogen) atoms. The molecule has 3 aromatic heterocycles. The van der Waals surface area contributed by atoms with Crippen LogP contribution in [0.15, 0.2) is 48.7 Å². The summed E-state index contributed by atoms with van der Waals surface area (Å²) in [4.78, 5) is 14.9. The smallest absolute Gasteiger partial charge is 0.288 e. The van der Waals surface area contributed by atoms with Crippen LogP contribution in [0, 0.1) is 0 Å². The number of carbonyl (C=O) groups is 1. The first kappa shape index (κ1) is 26.3. The highest BCUT2D eigenvalue weighted by molar-refractivity contribution is 7.14. The van der Waals surface area contributed by atoms with Gasteiger partial charge in [0.05, 0.1) is 29.5 Å². The highest BCUT2D eigenvalue weighted by Gasteiger charge is 2.29. The number of aromatic nitrogens is 5. The average molecular weight is 569 g/mol. The van der Waals surface area contributed by atoms with Crippen LogP contribution in [0.25, 0.3) is 32.5 Å². The molecule has 2 aromatic carbocycles. The lowest BCUT2D eigenvalue weighted by Crippen LogP contribution is -2.36. The topological polar surface area (TPSA) is 104 Å². The molecule has 9 nitrogen and oxygen atoms in total. The van der Waals surface area contributed by atoms with Gasteiger partial charge >= 0.3 is 0 Å². The maximum Gasteiger partial charge on any atom is 0.288 e. The first-order valence-electron chi connectivity index (χ1n) is 12.9. The number of fused-ring (bicyclic) bond motifs is 2. The highest BCUT2D eigenvalue weighted by Crippen LogP contribution is 2.38. The Bertz CT molecular complexity index is 1660. The number of carbonyl (C=O) groups excluding carboxylic acids is 1. The predicted molar refractivity (Wildman–Crippen MR) is 148 cm³/mol. The SMILES string of the molecule is CN1CCC(Nc2cccc3c2cc(-c2nnc(CNC(=O)c4ccc5cn[nH]c5c4)s2)n3C(F)C(F)F)CC1. The fourth-order valence-corrected chi connectivity index (χ4v) is 5.85. The molecular formula is C27H27F3N8OS. The molecule has 1 aliphatic rings. The number of benzene rings is 2. The largest absolute Gasteiger partial charge is 0.382 e. The maximum atomic E-state index is 15.0. The van der Waals surface area contributed by atoms with Gasteiger partial charge in [-0.15, -0.1) is 10.2 Å². The summed E-state index contributed by atoms with van der Waals surface area (Å²) in [5, 5.41) is 23.7. The van der Waals surface area contributed by atoms with Crippen LogP contribution >= 0.6 is 11.3 Å². The number of hydrogen-bond donors (Lipinski definition) is 3. The summed E-state index contributed by atoms with van der Waals surface area (Å²) in [5.74, 6) is -0.312. The Morgan fingerprint density at radius 1 is 1.15 bits per heavy atom. The summed E-state index contributed by atoms with van der Waals surface area (Å²) in [6.07, 6.45) is -2.22. The molecule has 6 rings (SSSR count). The second kappa shape index (κ2) is 10.9. The number of rotatable bonds is 8. The van der Waals surface area contributed by atoms with E-state index in [0.717, 1.165) is 58.4 Å². The molecule has 0 saturated carbocycles. The molecule has 1 aliphatic heterocycles.